The molecule has 6 nitrogen and oxygen atoms in total. The Labute approximate surface area is 166 Å². The molecular weight excluding hydrogens is 352 g/mol. The van der Waals surface area contributed by atoms with Gasteiger partial charge in [0.15, 0.2) is 0 Å². The molecule has 0 fully saturated rings. The Morgan fingerprint density at radius 3 is 2.18 bits per heavy atom. The molecule has 2 aromatic rings. The number of esters is 1. The number of hydrogen-bond donors (Lipinski definition) is 0. The maximum absolute atomic E-state index is 12.4. The first-order chi connectivity index (χ1) is 13.6. The topological polar surface area (TPSA) is 58.6 Å². The van der Waals surface area contributed by atoms with Crippen LogP contribution in [0.25, 0.3) is 0 Å². The zero-order valence-electron chi connectivity index (χ0n) is 16.8. The molecule has 1 aliphatic rings. The molecule has 0 aromatic carbocycles. The molecule has 0 radical (unpaired) electrons. The summed E-state index contributed by atoms with van der Waals surface area (Å²) in [5, 5.41) is 0. The van der Waals surface area contributed by atoms with Crippen molar-refractivity contribution in [1.29, 1.82) is 0 Å². The molecule has 0 N–H and O–H groups in total. The molecule has 2 atom stereocenters. The third kappa shape index (κ3) is 4.75. The molecule has 0 aliphatic carbocycles. The second kappa shape index (κ2) is 9.46. The molecule has 0 bridgehead atoms. The van der Waals surface area contributed by atoms with E-state index >= 15 is 0 Å². The van der Waals surface area contributed by atoms with Crippen LogP contribution in [0.2, 0.25) is 0 Å². The molecule has 28 heavy (non-hydrogen) atoms. The summed E-state index contributed by atoms with van der Waals surface area (Å²) in [5.74, 6) is -0.267. The van der Waals surface area contributed by atoms with Gasteiger partial charge in [0, 0.05) is 50.1 Å². The monoisotopic (exact) mass is 380 g/mol. The first-order valence-electron chi connectivity index (χ1n) is 9.69. The Hall–Kier alpha value is -2.73. The van der Waals surface area contributed by atoms with Gasteiger partial charge < -0.3 is 9.64 Å². The number of ether oxygens (including phenoxy) is 1. The first kappa shape index (κ1) is 20.0. The van der Waals surface area contributed by atoms with Crippen LogP contribution >= 0.6 is 0 Å². The number of carbonyl (C=O) groups excluding carboxylic acids is 1. The summed E-state index contributed by atoms with van der Waals surface area (Å²) in [6, 6.07) is 8.07. The second-order valence-corrected chi connectivity index (χ2v) is 7.08. The molecule has 3 rings (SSSR count). The predicted octanol–water partition coefficient (Wildman–Crippen LogP) is 2.67. The largest absolute Gasteiger partial charge is 0.466 e. The van der Waals surface area contributed by atoms with Gasteiger partial charge in [-0.25, -0.2) is 4.79 Å². The minimum atomic E-state index is -0.267. The fourth-order valence-corrected chi connectivity index (χ4v) is 3.67. The van der Waals surface area contributed by atoms with Gasteiger partial charge >= 0.3 is 5.97 Å². The summed E-state index contributed by atoms with van der Waals surface area (Å²) in [7, 11) is 1.44. The SMILES string of the molecule is COC(=O)C1=CN(CCc2cccnc2)[C@H](C)N(CCc2cccnc2)[C@H]1C. The summed E-state index contributed by atoms with van der Waals surface area (Å²) >= 11 is 0. The highest BCUT2D eigenvalue weighted by Gasteiger charge is 2.34. The van der Waals surface area contributed by atoms with Crippen molar-refractivity contribution < 1.29 is 9.53 Å². The fraction of sp³-hybridized carbons (Fsp3) is 0.409. The zero-order chi connectivity index (χ0) is 19.9. The number of aromatic nitrogens is 2. The van der Waals surface area contributed by atoms with Crippen LogP contribution in [0.3, 0.4) is 0 Å². The Bertz CT molecular complexity index is 795. The van der Waals surface area contributed by atoms with Gasteiger partial charge in [0.2, 0.25) is 0 Å². The Morgan fingerprint density at radius 1 is 1.04 bits per heavy atom. The summed E-state index contributed by atoms with van der Waals surface area (Å²) in [4.78, 5) is 25.3. The van der Waals surface area contributed by atoms with E-state index in [1.165, 1.54) is 18.2 Å². The smallest absolute Gasteiger partial charge is 0.336 e. The Balaban J connectivity index is 1.75. The van der Waals surface area contributed by atoms with Crippen molar-refractivity contribution in [2.24, 2.45) is 0 Å². The maximum Gasteiger partial charge on any atom is 0.336 e. The number of hydrogen-bond acceptors (Lipinski definition) is 6. The number of methoxy groups -OCH3 is 1. The fourth-order valence-electron chi connectivity index (χ4n) is 3.67. The molecule has 6 heteroatoms. The number of carbonyl (C=O) groups is 1. The standard InChI is InChI=1S/C22H28N4O2/c1-17-21(22(27)28-3)16-25(12-8-19-6-4-10-23-14-19)18(2)26(17)13-9-20-7-5-11-24-15-20/h4-7,10-11,14-18H,8-9,12-13H2,1-3H3/t17-,18-/m0/s1. The van der Waals surface area contributed by atoms with Crippen LogP contribution in [0.1, 0.15) is 25.0 Å². The van der Waals surface area contributed by atoms with E-state index in [4.69, 9.17) is 4.74 Å². The van der Waals surface area contributed by atoms with E-state index in [1.54, 1.807) is 12.4 Å². The molecule has 148 valence electrons. The van der Waals surface area contributed by atoms with E-state index in [9.17, 15) is 4.79 Å². The highest BCUT2D eigenvalue weighted by atomic mass is 16.5. The summed E-state index contributed by atoms with van der Waals surface area (Å²) < 4.78 is 5.04. The summed E-state index contributed by atoms with van der Waals surface area (Å²) in [5.41, 5.74) is 3.07. The van der Waals surface area contributed by atoms with Crippen LogP contribution in [-0.2, 0) is 22.4 Å². The van der Waals surface area contributed by atoms with Gasteiger partial charge in [-0.3, -0.25) is 14.9 Å². The number of nitrogens with zero attached hydrogens (tertiary/aromatic N) is 4. The van der Waals surface area contributed by atoms with Gasteiger partial charge in [-0.1, -0.05) is 12.1 Å². The Morgan fingerprint density at radius 2 is 1.64 bits per heavy atom. The number of rotatable bonds is 7. The van der Waals surface area contributed by atoms with E-state index in [0.717, 1.165) is 25.9 Å². The lowest BCUT2D eigenvalue weighted by Crippen LogP contribution is -2.54. The van der Waals surface area contributed by atoms with Gasteiger partial charge in [-0.2, -0.15) is 0 Å². The molecule has 0 amide bonds. The predicted molar refractivity (Wildman–Crippen MR) is 108 cm³/mol. The lowest BCUT2D eigenvalue weighted by molar-refractivity contribution is -0.137. The van der Waals surface area contributed by atoms with Crippen LogP contribution in [-0.4, -0.2) is 58.1 Å². The van der Waals surface area contributed by atoms with Gasteiger partial charge in [0.05, 0.1) is 18.8 Å². The van der Waals surface area contributed by atoms with Gasteiger partial charge in [-0.05, 0) is 49.9 Å². The molecule has 0 saturated carbocycles. The molecule has 2 aromatic heterocycles. The van der Waals surface area contributed by atoms with Crippen molar-refractivity contribution in [1.82, 2.24) is 19.8 Å². The van der Waals surface area contributed by atoms with E-state index in [-0.39, 0.29) is 18.2 Å². The van der Waals surface area contributed by atoms with Gasteiger partial charge in [-0.15, -0.1) is 0 Å². The first-order valence-corrected chi connectivity index (χ1v) is 9.69. The van der Waals surface area contributed by atoms with Crippen LogP contribution < -0.4 is 0 Å². The van der Waals surface area contributed by atoms with Crippen molar-refractivity contribution in [3.63, 3.8) is 0 Å². The van der Waals surface area contributed by atoms with E-state index in [2.05, 4.69) is 45.7 Å². The molecule has 0 saturated heterocycles. The second-order valence-electron chi connectivity index (χ2n) is 7.08. The van der Waals surface area contributed by atoms with Crippen molar-refractivity contribution in [2.75, 3.05) is 20.2 Å². The highest BCUT2D eigenvalue weighted by Crippen LogP contribution is 2.25. The van der Waals surface area contributed by atoms with Crippen LogP contribution in [0.15, 0.2) is 60.8 Å². The van der Waals surface area contributed by atoms with Crippen molar-refractivity contribution >= 4 is 5.97 Å². The molecular formula is C22H28N4O2. The van der Waals surface area contributed by atoms with Crippen LogP contribution in [0.4, 0.5) is 0 Å². The molecule has 1 aliphatic heterocycles. The van der Waals surface area contributed by atoms with Crippen molar-refractivity contribution in [3.8, 4) is 0 Å². The molecule has 0 spiro atoms. The lowest BCUT2D eigenvalue weighted by Gasteiger charge is -2.45. The van der Waals surface area contributed by atoms with Crippen LogP contribution in [0, 0.1) is 0 Å². The van der Waals surface area contributed by atoms with Gasteiger partial charge in [0.25, 0.3) is 0 Å². The third-order valence-electron chi connectivity index (χ3n) is 5.40. The van der Waals surface area contributed by atoms with E-state index in [1.807, 2.05) is 30.7 Å². The number of pyridine rings is 2. The lowest BCUT2D eigenvalue weighted by atomic mass is 10.0. The summed E-state index contributed by atoms with van der Waals surface area (Å²) in [6.45, 7) is 5.91. The average Bonchev–Trinajstić information content (AvgIpc) is 2.74. The quantitative estimate of drug-likeness (QED) is 0.689. The van der Waals surface area contributed by atoms with Gasteiger partial charge in [0.1, 0.15) is 0 Å². The normalized spacial score (nSPS) is 20.0. The summed E-state index contributed by atoms with van der Waals surface area (Å²) in [6.07, 6.45) is 11.3. The minimum absolute atomic E-state index is 0.00577. The minimum Gasteiger partial charge on any atom is -0.466 e. The Kier molecular flexibility index (Phi) is 6.76. The average molecular weight is 380 g/mol. The maximum atomic E-state index is 12.4. The molecule has 0 unspecified atom stereocenters. The third-order valence-corrected chi connectivity index (χ3v) is 5.40. The zero-order valence-corrected chi connectivity index (χ0v) is 16.8. The van der Waals surface area contributed by atoms with Crippen molar-refractivity contribution in [3.05, 3.63) is 72.0 Å². The van der Waals surface area contributed by atoms with E-state index in [0.29, 0.717) is 5.57 Å². The highest BCUT2D eigenvalue weighted by molar-refractivity contribution is 5.89. The van der Waals surface area contributed by atoms with Crippen LogP contribution in [0.5, 0.6) is 0 Å². The molecule has 3 heterocycles. The van der Waals surface area contributed by atoms with E-state index < -0.39 is 0 Å². The van der Waals surface area contributed by atoms with Crippen molar-refractivity contribution in [2.45, 2.75) is 38.9 Å².